The molecule has 0 radical (unpaired) electrons. The third kappa shape index (κ3) is 4.11. The van der Waals surface area contributed by atoms with Gasteiger partial charge in [-0.1, -0.05) is 62.0 Å². The number of carbonyl (C=O) groups excluding carboxylic acids is 1. The number of nitrogens with zero attached hydrogens (tertiary/aromatic N) is 4. The molecule has 0 saturated heterocycles. The van der Waals surface area contributed by atoms with E-state index in [4.69, 9.17) is 0 Å². The van der Waals surface area contributed by atoms with Crippen LogP contribution in [0.3, 0.4) is 0 Å². The highest BCUT2D eigenvalue weighted by atomic mass is 32.2. The lowest BCUT2D eigenvalue weighted by Gasteiger charge is -2.16. The van der Waals surface area contributed by atoms with Crippen LogP contribution in [0, 0.1) is 0 Å². The summed E-state index contributed by atoms with van der Waals surface area (Å²) in [7, 11) is 0. The van der Waals surface area contributed by atoms with Crippen LogP contribution in [0.4, 0.5) is 5.69 Å². The SMILES string of the molecule is CC(Sc1nnnn1-c1ccccc1)C(=O)Nc1ccccc1C(C)C. The number of tetrazole rings is 1. The molecule has 1 atom stereocenters. The first kappa shape index (κ1) is 18.1. The summed E-state index contributed by atoms with van der Waals surface area (Å²) in [4.78, 5) is 12.7. The molecule has 1 amide bonds. The Hall–Kier alpha value is -2.67. The van der Waals surface area contributed by atoms with E-state index in [2.05, 4.69) is 34.7 Å². The highest BCUT2D eigenvalue weighted by Gasteiger charge is 2.20. The standard InChI is InChI=1S/C19H21N5OS/c1-13(2)16-11-7-8-12-17(16)20-18(25)14(3)26-19-21-22-23-24(19)15-9-5-4-6-10-15/h4-14H,1-3H3,(H,20,25). The minimum Gasteiger partial charge on any atom is -0.325 e. The third-order valence-electron chi connectivity index (χ3n) is 3.93. The second-order valence-corrected chi connectivity index (χ2v) is 7.51. The Morgan fingerprint density at radius 3 is 2.46 bits per heavy atom. The van der Waals surface area contributed by atoms with Crippen LogP contribution in [0.5, 0.6) is 0 Å². The number of carbonyl (C=O) groups is 1. The lowest BCUT2D eigenvalue weighted by molar-refractivity contribution is -0.115. The number of para-hydroxylation sites is 2. The zero-order chi connectivity index (χ0) is 18.5. The van der Waals surface area contributed by atoms with Crippen LogP contribution in [-0.4, -0.2) is 31.4 Å². The molecule has 0 fully saturated rings. The van der Waals surface area contributed by atoms with Crippen LogP contribution >= 0.6 is 11.8 Å². The van der Waals surface area contributed by atoms with E-state index in [9.17, 15) is 4.79 Å². The van der Waals surface area contributed by atoms with E-state index in [1.54, 1.807) is 4.68 Å². The average Bonchev–Trinajstić information content (AvgIpc) is 3.10. The number of thioether (sulfide) groups is 1. The molecule has 0 aliphatic rings. The van der Waals surface area contributed by atoms with Gasteiger partial charge in [-0.15, -0.1) is 5.10 Å². The summed E-state index contributed by atoms with van der Waals surface area (Å²) < 4.78 is 1.64. The number of aromatic nitrogens is 4. The van der Waals surface area contributed by atoms with E-state index < -0.39 is 0 Å². The fraction of sp³-hybridized carbons (Fsp3) is 0.263. The van der Waals surface area contributed by atoms with Gasteiger partial charge < -0.3 is 5.32 Å². The molecule has 0 aliphatic heterocycles. The van der Waals surface area contributed by atoms with Crippen molar-refractivity contribution in [3.8, 4) is 5.69 Å². The Morgan fingerprint density at radius 1 is 1.04 bits per heavy atom. The summed E-state index contributed by atoms with van der Waals surface area (Å²) in [5.74, 6) is 0.255. The first-order chi connectivity index (χ1) is 12.6. The maximum atomic E-state index is 12.7. The first-order valence-corrected chi connectivity index (χ1v) is 9.34. The van der Waals surface area contributed by atoms with Gasteiger partial charge in [-0.05, 0) is 47.0 Å². The van der Waals surface area contributed by atoms with Crippen molar-refractivity contribution in [1.29, 1.82) is 0 Å². The number of hydrogen-bond donors (Lipinski definition) is 1. The maximum absolute atomic E-state index is 12.7. The van der Waals surface area contributed by atoms with Crippen molar-refractivity contribution in [1.82, 2.24) is 20.2 Å². The molecule has 0 spiro atoms. The van der Waals surface area contributed by atoms with Crippen molar-refractivity contribution in [2.24, 2.45) is 0 Å². The molecule has 1 heterocycles. The predicted octanol–water partition coefficient (Wildman–Crippen LogP) is 3.91. The number of nitrogens with one attached hydrogen (secondary N) is 1. The molecular weight excluding hydrogens is 346 g/mol. The van der Waals surface area contributed by atoms with Crippen molar-refractivity contribution in [3.63, 3.8) is 0 Å². The number of hydrogen-bond acceptors (Lipinski definition) is 5. The molecule has 7 heteroatoms. The summed E-state index contributed by atoms with van der Waals surface area (Å²) >= 11 is 1.33. The molecule has 0 saturated carbocycles. The van der Waals surface area contributed by atoms with Crippen molar-refractivity contribution in [3.05, 3.63) is 60.2 Å². The lowest BCUT2D eigenvalue weighted by Crippen LogP contribution is -2.23. The van der Waals surface area contributed by atoms with Crippen molar-refractivity contribution >= 4 is 23.4 Å². The summed E-state index contributed by atoms with van der Waals surface area (Å²) in [6.45, 7) is 6.07. The molecule has 3 rings (SSSR count). The second kappa shape index (κ2) is 8.14. The summed E-state index contributed by atoms with van der Waals surface area (Å²) in [5, 5.41) is 15.1. The normalized spacial score (nSPS) is 12.2. The van der Waals surface area contributed by atoms with Gasteiger partial charge in [0.25, 0.3) is 0 Å². The quantitative estimate of drug-likeness (QED) is 0.669. The number of rotatable bonds is 6. The Labute approximate surface area is 157 Å². The van der Waals surface area contributed by atoms with E-state index in [1.807, 2.05) is 61.5 Å². The predicted molar refractivity (Wildman–Crippen MR) is 104 cm³/mol. The fourth-order valence-electron chi connectivity index (χ4n) is 2.54. The van der Waals surface area contributed by atoms with E-state index in [-0.39, 0.29) is 11.2 Å². The smallest absolute Gasteiger partial charge is 0.237 e. The second-order valence-electron chi connectivity index (χ2n) is 6.20. The monoisotopic (exact) mass is 367 g/mol. The van der Waals surface area contributed by atoms with Crippen LogP contribution in [-0.2, 0) is 4.79 Å². The molecule has 0 bridgehead atoms. The van der Waals surface area contributed by atoms with Gasteiger partial charge >= 0.3 is 0 Å². The van der Waals surface area contributed by atoms with E-state index in [0.717, 1.165) is 16.9 Å². The molecule has 1 unspecified atom stereocenters. The molecule has 1 aromatic heterocycles. The lowest BCUT2D eigenvalue weighted by atomic mass is 10.0. The van der Waals surface area contributed by atoms with Gasteiger partial charge in [0.05, 0.1) is 10.9 Å². The third-order valence-corrected chi connectivity index (χ3v) is 4.97. The van der Waals surface area contributed by atoms with Crippen molar-refractivity contribution in [2.75, 3.05) is 5.32 Å². The summed E-state index contributed by atoms with van der Waals surface area (Å²) in [6.07, 6.45) is 0. The summed E-state index contributed by atoms with van der Waals surface area (Å²) in [5.41, 5.74) is 2.83. The number of benzene rings is 2. The van der Waals surface area contributed by atoms with Crippen LogP contribution < -0.4 is 5.32 Å². The molecule has 0 aliphatic carbocycles. The van der Waals surface area contributed by atoms with Gasteiger partial charge in [-0.3, -0.25) is 4.79 Å². The Bertz CT molecular complexity index is 878. The average molecular weight is 367 g/mol. The molecule has 26 heavy (non-hydrogen) atoms. The number of anilines is 1. The van der Waals surface area contributed by atoms with Gasteiger partial charge in [-0.2, -0.15) is 4.68 Å². The Balaban J connectivity index is 1.73. The van der Waals surface area contributed by atoms with Gasteiger partial charge in [0, 0.05) is 5.69 Å². The van der Waals surface area contributed by atoms with E-state index in [1.165, 1.54) is 11.8 Å². The zero-order valence-electron chi connectivity index (χ0n) is 15.0. The topological polar surface area (TPSA) is 72.7 Å². The van der Waals surface area contributed by atoms with E-state index in [0.29, 0.717) is 11.1 Å². The first-order valence-electron chi connectivity index (χ1n) is 8.46. The fourth-order valence-corrected chi connectivity index (χ4v) is 3.35. The zero-order valence-corrected chi connectivity index (χ0v) is 15.8. The van der Waals surface area contributed by atoms with Gasteiger partial charge in [0.2, 0.25) is 11.1 Å². The minimum absolute atomic E-state index is 0.0780. The summed E-state index contributed by atoms with van der Waals surface area (Å²) in [6, 6.07) is 17.5. The molecular formula is C19H21N5OS. The largest absolute Gasteiger partial charge is 0.325 e. The molecule has 134 valence electrons. The van der Waals surface area contributed by atoms with Crippen LogP contribution in [0.2, 0.25) is 0 Å². The highest BCUT2D eigenvalue weighted by Crippen LogP contribution is 2.27. The molecule has 3 aromatic rings. The number of amides is 1. The van der Waals surface area contributed by atoms with Crippen LogP contribution in [0.25, 0.3) is 5.69 Å². The van der Waals surface area contributed by atoms with Crippen LogP contribution in [0.15, 0.2) is 59.8 Å². The highest BCUT2D eigenvalue weighted by molar-refractivity contribution is 8.00. The molecule has 1 N–H and O–H groups in total. The maximum Gasteiger partial charge on any atom is 0.237 e. The van der Waals surface area contributed by atoms with Crippen molar-refractivity contribution < 1.29 is 4.79 Å². The van der Waals surface area contributed by atoms with E-state index >= 15 is 0 Å². The molecule has 6 nitrogen and oxygen atoms in total. The van der Waals surface area contributed by atoms with Crippen LogP contribution in [0.1, 0.15) is 32.3 Å². The minimum atomic E-state index is -0.344. The van der Waals surface area contributed by atoms with Crippen molar-refractivity contribution in [2.45, 2.75) is 37.1 Å². The van der Waals surface area contributed by atoms with Gasteiger partial charge in [0.1, 0.15) is 0 Å². The Kier molecular flexibility index (Phi) is 5.68. The Morgan fingerprint density at radius 2 is 1.73 bits per heavy atom. The van der Waals surface area contributed by atoms with Gasteiger partial charge in [0.15, 0.2) is 0 Å². The van der Waals surface area contributed by atoms with Gasteiger partial charge in [-0.25, -0.2) is 0 Å². The molecule has 2 aromatic carbocycles.